The molecule has 0 aromatic carbocycles. The molecule has 1 atom stereocenters. The van der Waals surface area contributed by atoms with Crippen molar-refractivity contribution in [1.29, 1.82) is 0 Å². The largest absolute Gasteiger partial charge is 0.176 e. The van der Waals surface area contributed by atoms with Gasteiger partial charge in [-0.3, -0.25) is 0 Å². The van der Waals surface area contributed by atoms with Crippen LogP contribution in [0.25, 0.3) is 0 Å². The molecule has 0 heterocycles. The highest BCUT2D eigenvalue weighted by Gasteiger charge is 2.14. The van der Waals surface area contributed by atoms with Crippen molar-refractivity contribution in [2.75, 3.05) is 0 Å². The summed E-state index contributed by atoms with van der Waals surface area (Å²) in [4.78, 5) is 0. The minimum atomic E-state index is 0.653. The van der Waals surface area contributed by atoms with Crippen molar-refractivity contribution in [2.45, 2.75) is 11.7 Å². The van der Waals surface area contributed by atoms with Crippen LogP contribution in [0, 0.1) is 6.42 Å². The standard InChI is InChI=1S/C3H5S/c4-3-1-2-3/h1,3-4H,2H2. The Hall–Kier alpha value is 0.350. The molecule has 0 aromatic rings. The number of thiol groups is 1. The van der Waals surface area contributed by atoms with E-state index >= 15 is 0 Å². The molecule has 0 N–H and O–H groups in total. The topological polar surface area (TPSA) is 0 Å². The van der Waals surface area contributed by atoms with E-state index in [1.54, 1.807) is 0 Å². The van der Waals surface area contributed by atoms with Gasteiger partial charge in [-0.05, 0) is 12.8 Å². The molecule has 0 aromatic heterocycles. The molecule has 1 aliphatic carbocycles. The van der Waals surface area contributed by atoms with E-state index in [0.29, 0.717) is 5.25 Å². The summed E-state index contributed by atoms with van der Waals surface area (Å²) < 4.78 is 0. The van der Waals surface area contributed by atoms with E-state index in [1.807, 2.05) is 0 Å². The first-order valence-corrected chi connectivity index (χ1v) is 1.92. The van der Waals surface area contributed by atoms with E-state index in [9.17, 15) is 0 Å². The number of rotatable bonds is 0. The zero-order valence-corrected chi connectivity index (χ0v) is 3.20. The van der Waals surface area contributed by atoms with E-state index in [4.69, 9.17) is 0 Å². The first kappa shape index (κ1) is 2.58. The molecular formula is C3H5S. The fourth-order valence-electron chi connectivity index (χ4n) is 0.0609. The summed E-state index contributed by atoms with van der Waals surface area (Å²) in [5.74, 6) is 0. The second-order valence-electron chi connectivity index (χ2n) is 1.04. The Morgan fingerprint density at radius 1 is 2.00 bits per heavy atom. The van der Waals surface area contributed by atoms with Crippen LogP contribution in [-0.2, 0) is 0 Å². The van der Waals surface area contributed by atoms with Crippen LogP contribution in [0.4, 0.5) is 0 Å². The third-order valence-corrected chi connectivity index (χ3v) is 0.868. The molecule has 0 amide bonds. The molecular weight excluding hydrogens is 68.1 g/mol. The van der Waals surface area contributed by atoms with Gasteiger partial charge in [0, 0.05) is 5.25 Å². The molecule has 0 spiro atoms. The van der Waals surface area contributed by atoms with Crippen LogP contribution in [-0.4, -0.2) is 5.25 Å². The van der Waals surface area contributed by atoms with Crippen molar-refractivity contribution in [3.63, 3.8) is 0 Å². The maximum absolute atomic E-state index is 4.02. The third-order valence-electron chi connectivity index (χ3n) is 0.447. The van der Waals surface area contributed by atoms with Gasteiger partial charge >= 0.3 is 0 Å². The smallest absolute Gasteiger partial charge is 0.00516 e. The third kappa shape index (κ3) is 0.382. The van der Waals surface area contributed by atoms with Crippen molar-refractivity contribution in [3.8, 4) is 0 Å². The quantitative estimate of drug-likeness (QED) is 0.404. The van der Waals surface area contributed by atoms with Gasteiger partial charge in [-0.15, -0.1) is 0 Å². The lowest BCUT2D eigenvalue weighted by atomic mass is 11.0. The summed E-state index contributed by atoms with van der Waals surface area (Å²) >= 11 is 4.02. The van der Waals surface area contributed by atoms with Gasteiger partial charge in [0.15, 0.2) is 0 Å². The Kier molecular flexibility index (Phi) is 0.417. The van der Waals surface area contributed by atoms with Gasteiger partial charge in [0.05, 0.1) is 0 Å². The first-order chi connectivity index (χ1) is 1.89. The molecule has 1 unspecified atom stereocenters. The molecule has 1 aliphatic rings. The van der Waals surface area contributed by atoms with E-state index in [2.05, 4.69) is 19.0 Å². The lowest BCUT2D eigenvalue weighted by molar-refractivity contribution is 1.53. The molecule has 1 rings (SSSR count). The molecule has 1 saturated carbocycles. The number of hydrogen-bond acceptors (Lipinski definition) is 1. The minimum Gasteiger partial charge on any atom is -0.176 e. The summed E-state index contributed by atoms with van der Waals surface area (Å²) in [6.07, 6.45) is 3.38. The van der Waals surface area contributed by atoms with Gasteiger partial charge < -0.3 is 0 Å². The molecule has 0 saturated heterocycles. The van der Waals surface area contributed by atoms with E-state index in [1.165, 1.54) is 6.42 Å². The summed E-state index contributed by atoms with van der Waals surface area (Å²) in [5.41, 5.74) is 0. The predicted molar refractivity (Wildman–Crippen MR) is 21.7 cm³/mol. The Bertz CT molecular complexity index is 22.5. The van der Waals surface area contributed by atoms with Gasteiger partial charge in [0.1, 0.15) is 0 Å². The maximum Gasteiger partial charge on any atom is 0.00516 e. The Morgan fingerprint density at radius 3 is 2.25 bits per heavy atom. The van der Waals surface area contributed by atoms with Crippen LogP contribution in [0.3, 0.4) is 0 Å². The van der Waals surface area contributed by atoms with Crippen molar-refractivity contribution in [3.05, 3.63) is 6.42 Å². The van der Waals surface area contributed by atoms with E-state index in [-0.39, 0.29) is 0 Å². The average molecular weight is 73.1 g/mol. The predicted octanol–water partition coefficient (Wildman–Crippen LogP) is 0.893. The molecule has 0 nitrogen and oxygen atoms in total. The van der Waals surface area contributed by atoms with E-state index in [0.717, 1.165) is 0 Å². The van der Waals surface area contributed by atoms with Crippen LogP contribution >= 0.6 is 12.6 Å². The summed E-state index contributed by atoms with van der Waals surface area (Å²) in [7, 11) is 0. The second-order valence-corrected chi connectivity index (χ2v) is 1.70. The molecule has 1 heteroatoms. The zero-order valence-electron chi connectivity index (χ0n) is 2.31. The summed E-state index contributed by atoms with van der Waals surface area (Å²) in [5, 5.41) is 0.653. The van der Waals surface area contributed by atoms with Gasteiger partial charge in [0.2, 0.25) is 0 Å². The lowest BCUT2D eigenvalue weighted by Crippen LogP contribution is -1.46. The Morgan fingerprint density at radius 2 is 2.25 bits per heavy atom. The highest BCUT2D eigenvalue weighted by Crippen LogP contribution is 2.23. The Labute approximate surface area is 31.6 Å². The van der Waals surface area contributed by atoms with Crippen LogP contribution in [0.5, 0.6) is 0 Å². The van der Waals surface area contributed by atoms with Gasteiger partial charge in [0.25, 0.3) is 0 Å². The second kappa shape index (κ2) is 0.646. The fraction of sp³-hybridized carbons (Fsp3) is 0.667. The van der Waals surface area contributed by atoms with Crippen LogP contribution in [0.2, 0.25) is 0 Å². The summed E-state index contributed by atoms with van der Waals surface area (Å²) in [6, 6.07) is 0. The summed E-state index contributed by atoms with van der Waals surface area (Å²) in [6.45, 7) is 0. The SMILES string of the molecule is SC1[CH]C1. The van der Waals surface area contributed by atoms with Crippen LogP contribution in [0.1, 0.15) is 6.42 Å². The maximum atomic E-state index is 4.02. The Balaban J connectivity index is 2.17. The molecule has 23 valence electrons. The minimum absolute atomic E-state index is 0.653. The molecule has 1 fully saturated rings. The van der Waals surface area contributed by atoms with Crippen molar-refractivity contribution in [2.24, 2.45) is 0 Å². The van der Waals surface area contributed by atoms with Crippen molar-refractivity contribution in [1.82, 2.24) is 0 Å². The van der Waals surface area contributed by atoms with Gasteiger partial charge in [-0.1, -0.05) is 0 Å². The van der Waals surface area contributed by atoms with Crippen LogP contribution < -0.4 is 0 Å². The normalized spacial score (nSPS) is 26.2. The highest BCUT2D eigenvalue weighted by atomic mass is 32.1. The van der Waals surface area contributed by atoms with Crippen molar-refractivity contribution < 1.29 is 0 Å². The van der Waals surface area contributed by atoms with Gasteiger partial charge in [-0.25, -0.2) is 0 Å². The lowest BCUT2D eigenvalue weighted by Gasteiger charge is -1.53. The molecule has 4 heavy (non-hydrogen) atoms. The monoisotopic (exact) mass is 73.0 g/mol. The molecule has 0 aliphatic heterocycles. The molecule has 0 bridgehead atoms. The average Bonchev–Trinajstić information content (AvgIpc) is 1.75. The van der Waals surface area contributed by atoms with Crippen LogP contribution in [0.15, 0.2) is 0 Å². The highest BCUT2D eigenvalue weighted by molar-refractivity contribution is 7.81. The van der Waals surface area contributed by atoms with Gasteiger partial charge in [-0.2, -0.15) is 12.6 Å². The zero-order chi connectivity index (χ0) is 2.99. The first-order valence-electron chi connectivity index (χ1n) is 1.41. The van der Waals surface area contributed by atoms with Crippen molar-refractivity contribution >= 4 is 12.6 Å². The molecule has 1 radical (unpaired) electrons. The van der Waals surface area contributed by atoms with E-state index < -0.39 is 0 Å². The fourth-order valence-corrected chi connectivity index (χ4v) is 0.183. The number of hydrogen-bond donors (Lipinski definition) is 1.